The number of aromatic nitrogens is 2. The Morgan fingerprint density at radius 2 is 1.86 bits per heavy atom. The molecule has 0 fully saturated rings. The van der Waals surface area contributed by atoms with Crippen LogP contribution in [0, 0.1) is 5.82 Å². The third kappa shape index (κ3) is 7.82. The first-order valence-corrected chi connectivity index (χ1v) is 14.8. The minimum atomic E-state index is -0.382. The average molecular weight is 589 g/mol. The molecule has 9 nitrogen and oxygen atoms in total. The number of fused-ring (bicyclic) bond motifs is 1. The molecule has 5 N–H and O–H groups in total. The highest BCUT2D eigenvalue weighted by molar-refractivity contribution is 8.13. The SMILES string of the molecule is CCCC(=O)NC(=NC(=O)CCCNc1ccc(-c2cc(Cc3n[nH]c(=O)c4ccccc34)ccc2F)cc1N)SC. The number of nitrogens with two attached hydrogens (primary N) is 1. The number of carbonyl (C=O) groups excluding carboxylic acids is 2. The van der Waals surface area contributed by atoms with E-state index in [-0.39, 0.29) is 29.6 Å². The maximum atomic E-state index is 14.9. The molecule has 4 aromatic rings. The Balaban J connectivity index is 1.39. The number of H-pyrrole nitrogens is 1. The van der Waals surface area contributed by atoms with Gasteiger partial charge in [0.05, 0.1) is 22.5 Å². The number of thioether (sulfide) groups is 1. The molecule has 1 heterocycles. The number of rotatable bonds is 10. The van der Waals surface area contributed by atoms with E-state index in [1.807, 2.05) is 19.1 Å². The van der Waals surface area contributed by atoms with Crippen LogP contribution in [0.15, 0.2) is 70.5 Å². The highest BCUT2D eigenvalue weighted by Crippen LogP contribution is 2.30. The fourth-order valence-electron chi connectivity index (χ4n) is 4.46. The van der Waals surface area contributed by atoms with Gasteiger partial charge >= 0.3 is 0 Å². The van der Waals surface area contributed by atoms with Crippen molar-refractivity contribution in [2.75, 3.05) is 23.9 Å². The maximum Gasteiger partial charge on any atom is 0.272 e. The molecule has 4 rings (SSSR count). The summed E-state index contributed by atoms with van der Waals surface area (Å²) >= 11 is 1.22. The largest absolute Gasteiger partial charge is 0.397 e. The predicted octanol–water partition coefficient (Wildman–Crippen LogP) is 5.26. The minimum Gasteiger partial charge on any atom is -0.397 e. The van der Waals surface area contributed by atoms with Crippen LogP contribution in [0.1, 0.15) is 43.9 Å². The lowest BCUT2D eigenvalue weighted by Crippen LogP contribution is -2.28. The van der Waals surface area contributed by atoms with Crippen LogP contribution in [0.4, 0.5) is 15.8 Å². The van der Waals surface area contributed by atoms with E-state index in [0.29, 0.717) is 71.0 Å². The Hall–Kier alpha value is -4.51. The van der Waals surface area contributed by atoms with Gasteiger partial charge in [-0.3, -0.25) is 14.4 Å². The fourth-order valence-corrected chi connectivity index (χ4v) is 4.87. The Kier molecular flexibility index (Phi) is 10.4. The van der Waals surface area contributed by atoms with E-state index in [2.05, 4.69) is 25.8 Å². The number of anilines is 2. The third-order valence-corrected chi connectivity index (χ3v) is 7.15. The average Bonchev–Trinajstić information content (AvgIpc) is 2.98. The Bertz CT molecular complexity index is 1690. The van der Waals surface area contributed by atoms with Crippen LogP contribution in [0.3, 0.4) is 0 Å². The second-order valence-electron chi connectivity index (χ2n) is 9.68. The smallest absolute Gasteiger partial charge is 0.272 e. The third-order valence-electron chi connectivity index (χ3n) is 6.57. The van der Waals surface area contributed by atoms with Gasteiger partial charge in [0, 0.05) is 36.8 Å². The van der Waals surface area contributed by atoms with Crippen LogP contribution in [0.2, 0.25) is 0 Å². The first kappa shape index (κ1) is 30.4. The zero-order valence-electron chi connectivity index (χ0n) is 23.5. The van der Waals surface area contributed by atoms with Crippen LogP contribution < -0.4 is 21.9 Å². The number of hydrogen-bond acceptors (Lipinski definition) is 7. The second-order valence-corrected chi connectivity index (χ2v) is 10.5. The predicted molar refractivity (Wildman–Crippen MR) is 168 cm³/mol. The van der Waals surface area contributed by atoms with E-state index in [9.17, 15) is 18.8 Å². The zero-order chi connectivity index (χ0) is 30.1. The van der Waals surface area contributed by atoms with E-state index in [4.69, 9.17) is 5.73 Å². The van der Waals surface area contributed by atoms with Crippen molar-refractivity contribution in [1.82, 2.24) is 15.5 Å². The molecule has 0 radical (unpaired) electrons. The van der Waals surface area contributed by atoms with Crippen molar-refractivity contribution in [3.63, 3.8) is 0 Å². The van der Waals surface area contributed by atoms with E-state index >= 15 is 0 Å². The molecule has 11 heteroatoms. The molecule has 0 spiro atoms. The summed E-state index contributed by atoms with van der Waals surface area (Å²) in [4.78, 5) is 40.1. The van der Waals surface area contributed by atoms with Crippen LogP contribution in [-0.4, -0.2) is 40.0 Å². The van der Waals surface area contributed by atoms with E-state index in [1.54, 1.807) is 48.7 Å². The van der Waals surface area contributed by atoms with Gasteiger partial charge in [0.2, 0.25) is 11.8 Å². The van der Waals surface area contributed by atoms with E-state index in [1.165, 1.54) is 17.8 Å². The molecule has 2 amide bonds. The summed E-state index contributed by atoms with van der Waals surface area (Å²) in [5, 5.41) is 14.2. The molecular formula is C31H33FN6O3S. The van der Waals surface area contributed by atoms with Crippen LogP contribution in [0.5, 0.6) is 0 Å². The quantitative estimate of drug-likeness (QED) is 0.0857. The van der Waals surface area contributed by atoms with Gasteiger partial charge in [-0.05, 0) is 60.6 Å². The summed E-state index contributed by atoms with van der Waals surface area (Å²) in [5.41, 5.74) is 9.69. The first-order chi connectivity index (χ1) is 20.3. The van der Waals surface area contributed by atoms with Crippen molar-refractivity contribution in [2.24, 2.45) is 4.99 Å². The number of nitrogens with one attached hydrogen (secondary N) is 3. The number of halogens is 1. The van der Waals surface area contributed by atoms with Crippen molar-refractivity contribution in [1.29, 1.82) is 0 Å². The zero-order valence-corrected chi connectivity index (χ0v) is 24.3. The van der Waals surface area contributed by atoms with Crippen molar-refractivity contribution < 1.29 is 14.0 Å². The summed E-state index contributed by atoms with van der Waals surface area (Å²) in [6.07, 6.45) is 3.97. The minimum absolute atomic E-state index is 0.162. The van der Waals surface area contributed by atoms with Crippen molar-refractivity contribution in [3.05, 3.63) is 88.1 Å². The monoisotopic (exact) mass is 588 g/mol. The lowest BCUT2D eigenvalue weighted by Gasteiger charge is -2.12. The first-order valence-electron chi connectivity index (χ1n) is 13.6. The number of nitrogens with zero attached hydrogens (tertiary/aromatic N) is 2. The Labute approximate surface area is 247 Å². The molecule has 1 aromatic heterocycles. The fraction of sp³-hybridized carbons (Fsp3) is 0.258. The van der Waals surface area contributed by atoms with Crippen LogP contribution >= 0.6 is 11.8 Å². The molecule has 0 aliphatic heterocycles. The highest BCUT2D eigenvalue weighted by atomic mass is 32.2. The molecule has 0 atom stereocenters. The number of benzene rings is 3. The van der Waals surface area contributed by atoms with Gasteiger partial charge in [0.25, 0.3) is 5.56 Å². The highest BCUT2D eigenvalue weighted by Gasteiger charge is 2.12. The number of amides is 2. The number of hydrogen-bond donors (Lipinski definition) is 4. The van der Waals surface area contributed by atoms with Gasteiger partial charge in [-0.15, -0.1) is 0 Å². The Morgan fingerprint density at radius 3 is 2.60 bits per heavy atom. The van der Waals surface area contributed by atoms with E-state index in [0.717, 1.165) is 10.9 Å². The molecule has 3 aromatic carbocycles. The number of aliphatic imine (C=N–C) groups is 1. The summed E-state index contributed by atoms with van der Waals surface area (Å²) in [6, 6.07) is 17.4. The molecule has 218 valence electrons. The van der Waals surface area contributed by atoms with E-state index < -0.39 is 0 Å². The van der Waals surface area contributed by atoms with Crippen molar-refractivity contribution >= 4 is 50.9 Å². The molecule has 0 saturated carbocycles. The molecule has 0 saturated heterocycles. The second kappa shape index (κ2) is 14.4. The van der Waals surface area contributed by atoms with Crippen LogP contribution in [0.25, 0.3) is 21.9 Å². The normalized spacial score (nSPS) is 11.5. The van der Waals surface area contributed by atoms with Crippen molar-refractivity contribution in [3.8, 4) is 11.1 Å². The summed E-state index contributed by atoms with van der Waals surface area (Å²) in [6.45, 7) is 2.38. The summed E-state index contributed by atoms with van der Waals surface area (Å²) in [7, 11) is 0. The standard InChI is InChI=1S/C31H33FN6O3S/c1-3-7-28(39)35-31(42-2)36-29(40)10-6-15-34-26-14-12-20(18-25(26)33)23-16-19(11-13-24(23)32)17-27-21-8-4-5-9-22(21)30(41)38-37-27/h4-5,8-9,11-14,16,18,34H,3,6-7,10,15,17,33H2,1-2H3,(H,38,41)(H,35,36,39,40). The molecule has 0 aliphatic rings. The van der Waals surface area contributed by atoms with Gasteiger partial charge in [0.15, 0.2) is 5.17 Å². The van der Waals surface area contributed by atoms with Crippen LogP contribution in [-0.2, 0) is 16.0 Å². The number of nitrogen functional groups attached to an aromatic ring is 1. The lowest BCUT2D eigenvalue weighted by molar-refractivity contribution is -0.119. The topological polar surface area (TPSA) is 142 Å². The number of amidine groups is 1. The van der Waals surface area contributed by atoms with Gasteiger partial charge in [-0.25, -0.2) is 9.49 Å². The maximum absolute atomic E-state index is 14.9. The van der Waals surface area contributed by atoms with Gasteiger partial charge in [0.1, 0.15) is 5.82 Å². The molecule has 0 aliphatic carbocycles. The lowest BCUT2D eigenvalue weighted by atomic mass is 9.98. The van der Waals surface area contributed by atoms with Gasteiger partial charge in [-0.2, -0.15) is 10.1 Å². The molecule has 0 unspecified atom stereocenters. The molecule has 42 heavy (non-hydrogen) atoms. The number of carbonyl (C=O) groups is 2. The van der Waals surface area contributed by atoms with Gasteiger partial charge in [-0.1, -0.05) is 49.0 Å². The summed E-state index contributed by atoms with van der Waals surface area (Å²) in [5.74, 6) is -0.862. The molecule has 0 bridgehead atoms. The summed E-state index contributed by atoms with van der Waals surface area (Å²) < 4.78 is 14.9. The molecular weight excluding hydrogens is 555 g/mol. The Morgan fingerprint density at radius 1 is 1.07 bits per heavy atom. The van der Waals surface area contributed by atoms with Crippen molar-refractivity contribution in [2.45, 2.75) is 39.0 Å². The van der Waals surface area contributed by atoms with Gasteiger partial charge < -0.3 is 16.4 Å². The number of aromatic amines is 1.